The molecule has 26 heavy (non-hydrogen) atoms. The number of amides is 2. The Hall–Kier alpha value is -2.24. The van der Waals surface area contributed by atoms with Crippen molar-refractivity contribution in [2.45, 2.75) is 6.42 Å². The Labute approximate surface area is 159 Å². The largest absolute Gasteiger partial charge is 0.497 e. The van der Waals surface area contributed by atoms with Crippen molar-refractivity contribution in [2.24, 2.45) is 0 Å². The Morgan fingerprint density at radius 3 is 2.42 bits per heavy atom. The van der Waals surface area contributed by atoms with Gasteiger partial charge in [-0.15, -0.1) is 0 Å². The van der Waals surface area contributed by atoms with Gasteiger partial charge >= 0.3 is 6.03 Å². The minimum atomic E-state index is -0.0899. The van der Waals surface area contributed by atoms with Gasteiger partial charge in [-0.25, -0.2) is 4.79 Å². The average molecular weight is 374 g/mol. The molecule has 1 heterocycles. The number of halogens is 1. The van der Waals surface area contributed by atoms with Crippen LogP contribution in [0, 0.1) is 0 Å². The van der Waals surface area contributed by atoms with Gasteiger partial charge in [0, 0.05) is 32.7 Å². The molecular formula is C20H24ClN3O2. The highest BCUT2D eigenvalue weighted by Crippen LogP contribution is 2.21. The molecule has 1 fully saturated rings. The van der Waals surface area contributed by atoms with E-state index in [-0.39, 0.29) is 6.03 Å². The maximum absolute atomic E-state index is 12.4. The zero-order valence-corrected chi connectivity index (χ0v) is 15.7. The van der Waals surface area contributed by atoms with E-state index in [0.717, 1.165) is 44.9 Å². The second-order valence-electron chi connectivity index (χ2n) is 6.34. The molecule has 0 saturated carbocycles. The zero-order valence-electron chi connectivity index (χ0n) is 15.0. The summed E-state index contributed by atoms with van der Waals surface area (Å²) in [5.41, 5.74) is 1.95. The molecule has 0 radical (unpaired) electrons. The number of rotatable bonds is 5. The van der Waals surface area contributed by atoms with Crippen LogP contribution in [0.1, 0.15) is 5.56 Å². The van der Waals surface area contributed by atoms with E-state index < -0.39 is 0 Å². The Morgan fingerprint density at radius 1 is 1.08 bits per heavy atom. The molecule has 0 aromatic heterocycles. The molecule has 0 aliphatic carbocycles. The topological polar surface area (TPSA) is 44.8 Å². The minimum absolute atomic E-state index is 0.0899. The van der Waals surface area contributed by atoms with Crippen molar-refractivity contribution < 1.29 is 9.53 Å². The van der Waals surface area contributed by atoms with E-state index >= 15 is 0 Å². The molecule has 0 bridgehead atoms. The van der Waals surface area contributed by atoms with Gasteiger partial charge in [-0.1, -0.05) is 35.9 Å². The van der Waals surface area contributed by atoms with Crippen LogP contribution in [-0.2, 0) is 6.42 Å². The van der Waals surface area contributed by atoms with Crippen LogP contribution in [0.5, 0.6) is 5.75 Å². The molecule has 138 valence electrons. The number of piperazine rings is 1. The summed E-state index contributed by atoms with van der Waals surface area (Å²) in [6.07, 6.45) is 0.996. The number of carbonyl (C=O) groups is 1. The lowest BCUT2D eigenvalue weighted by molar-refractivity contribution is 0.148. The maximum Gasteiger partial charge on any atom is 0.321 e. The monoisotopic (exact) mass is 373 g/mol. The number of urea groups is 1. The van der Waals surface area contributed by atoms with Gasteiger partial charge in [0.15, 0.2) is 0 Å². The lowest BCUT2D eigenvalue weighted by atomic mass is 10.1. The summed E-state index contributed by atoms with van der Waals surface area (Å²) < 4.78 is 5.19. The van der Waals surface area contributed by atoms with E-state index in [1.807, 2.05) is 35.2 Å². The summed E-state index contributed by atoms with van der Waals surface area (Å²) in [6.45, 7) is 4.20. The first-order valence-corrected chi connectivity index (χ1v) is 9.19. The second-order valence-corrected chi connectivity index (χ2v) is 6.74. The van der Waals surface area contributed by atoms with Gasteiger partial charge in [-0.2, -0.15) is 0 Å². The molecule has 2 aromatic carbocycles. The van der Waals surface area contributed by atoms with E-state index in [0.29, 0.717) is 10.7 Å². The number of benzene rings is 2. The van der Waals surface area contributed by atoms with E-state index in [1.54, 1.807) is 13.2 Å². The number of hydrogen-bond donors (Lipinski definition) is 1. The van der Waals surface area contributed by atoms with Crippen molar-refractivity contribution in [3.8, 4) is 5.75 Å². The number of ether oxygens (including phenoxy) is 1. The zero-order chi connectivity index (χ0) is 18.4. The lowest BCUT2D eigenvalue weighted by Gasteiger charge is -2.34. The third-order valence-corrected chi connectivity index (χ3v) is 4.98. The van der Waals surface area contributed by atoms with E-state index in [2.05, 4.69) is 22.3 Å². The van der Waals surface area contributed by atoms with Gasteiger partial charge in [0.1, 0.15) is 5.75 Å². The highest BCUT2D eigenvalue weighted by molar-refractivity contribution is 6.33. The van der Waals surface area contributed by atoms with Gasteiger partial charge in [0.05, 0.1) is 17.8 Å². The van der Waals surface area contributed by atoms with E-state index in [1.165, 1.54) is 5.56 Å². The smallest absolute Gasteiger partial charge is 0.321 e. The van der Waals surface area contributed by atoms with Crippen molar-refractivity contribution in [3.63, 3.8) is 0 Å². The molecule has 1 aliphatic rings. The fourth-order valence-electron chi connectivity index (χ4n) is 3.01. The predicted octanol–water partition coefficient (Wildman–Crippen LogP) is 3.74. The maximum atomic E-state index is 12.4. The Kier molecular flexibility index (Phi) is 6.36. The van der Waals surface area contributed by atoms with Crippen LogP contribution < -0.4 is 10.1 Å². The summed E-state index contributed by atoms with van der Waals surface area (Å²) >= 11 is 6.10. The Balaban J connectivity index is 1.43. The molecule has 1 saturated heterocycles. The highest BCUT2D eigenvalue weighted by Gasteiger charge is 2.21. The van der Waals surface area contributed by atoms with Crippen LogP contribution in [0.15, 0.2) is 48.5 Å². The molecule has 0 spiro atoms. The first-order valence-electron chi connectivity index (χ1n) is 8.81. The molecule has 2 amide bonds. The molecular weight excluding hydrogens is 350 g/mol. The molecule has 5 nitrogen and oxygen atoms in total. The number of methoxy groups -OCH3 is 1. The fourth-order valence-corrected chi connectivity index (χ4v) is 3.19. The summed E-state index contributed by atoms with van der Waals surface area (Å²) in [6, 6.07) is 15.4. The summed E-state index contributed by atoms with van der Waals surface area (Å²) in [5.74, 6) is 0.881. The minimum Gasteiger partial charge on any atom is -0.497 e. The number of nitrogens with one attached hydrogen (secondary N) is 1. The van der Waals surface area contributed by atoms with E-state index in [9.17, 15) is 4.79 Å². The molecule has 0 unspecified atom stereocenters. The Bertz CT molecular complexity index is 728. The van der Waals surface area contributed by atoms with Crippen molar-refractivity contribution in [3.05, 3.63) is 59.1 Å². The van der Waals surface area contributed by atoms with Gasteiger partial charge in [-0.05, 0) is 36.2 Å². The average Bonchev–Trinajstić information content (AvgIpc) is 2.69. The fraction of sp³-hybridized carbons (Fsp3) is 0.350. The highest BCUT2D eigenvalue weighted by atomic mass is 35.5. The molecule has 3 rings (SSSR count). The third kappa shape index (κ3) is 4.90. The molecule has 0 atom stereocenters. The van der Waals surface area contributed by atoms with E-state index in [4.69, 9.17) is 16.3 Å². The first kappa shape index (κ1) is 18.5. The number of para-hydroxylation sites is 1. The SMILES string of the molecule is COc1ccc(CCN2CCN(C(=O)Nc3ccccc3Cl)CC2)cc1. The molecule has 6 heteroatoms. The second kappa shape index (κ2) is 8.92. The van der Waals surface area contributed by atoms with Gasteiger partial charge in [0.25, 0.3) is 0 Å². The van der Waals surface area contributed by atoms with Gasteiger partial charge in [0.2, 0.25) is 0 Å². The van der Waals surface area contributed by atoms with Crippen LogP contribution >= 0.6 is 11.6 Å². The molecule has 1 aliphatic heterocycles. The van der Waals surface area contributed by atoms with Crippen LogP contribution in [0.4, 0.5) is 10.5 Å². The van der Waals surface area contributed by atoms with Crippen molar-refractivity contribution in [2.75, 3.05) is 45.2 Å². The first-order chi connectivity index (χ1) is 12.7. The summed E-state index contributed by atoms with van der Waals surface area (Å²) in [5, 5.41) is 3.44. The number of nitrogens with zero attached hydrogens (tertiary/aromatic N) is 2. The van der Waals surface area contributed by atoms with Crippen LogP contribution in [0.3, 0.4) is 0 Å². The van der Waals surface area contributed by atoms with Gasteiger partial charge in [-0.3, -0.25) is 4.90 Å². The quantitative estimate of drug-likeness (QED) is 0.868. The molecule has 1 N–H and O–H groups in total. The lowest BCUT2D eigenvalue weighted by Crippen LogP contribution is -2.50. The van der Waals surface area contributed by atoms with Crippen molar-refractivity contribution >= 4 is 23.3 Å². The summed E-state index contributed by atoms with van der Waals surface area (Å²) in [4.78, 5) is 16.6. The van der Waals surface area contributed by atoms with Crippen molar-refractivity contribution in [1.29, 1.82) is 0 Å². The third-order valence-electron chi connectivity index (χ3n) is 4.65. The van der Waals surface area contributed by atoms with Crippen LogP contribution in [0.25, 0.3) is 0 Å². The molecule has 2 aromatic rings. The summed E-state index contributed by atoms with van der Waals surface area (Å²) in [7, 11) is 1.68. The Morgan fingerprint density at radius 2 is 1.77 bits per heavy atom. The standard InChI is InChI=1S/C20H24ClN3O2/c1-26-17-8-6-16(7-9-17)10-11-23-12-14-24(15-13-23)20(25)22-19-5-3-2-4-18(19)21/h2-9H,10-15H2,1H3,(H,22,25). The van der Waals surface area contributed by atoms with Crippen molar-refractivity contribution in [1.82, 2.24) is 9.80 Å². The van der Waals surface area contributed by atoms with Gasteiger partial charge < -0.3 is 15.0 Å². The normalized spacial score (nSPS) is 14.9. The van der Waals surface area contributed by atoms with Crippen LogP contribution in [-0.4, -0.2) is 55.7 Å². The predicted molar refractivity (Wildman–Crippen MR) is 105 cm³/mol. The number of hydrogen-bond acceptors (Lipinski definition) is 3. The number of anilines is 1. The number of carbonyl (C=O) groups excluding carboxylic acids is 1. The van der Waals surface area contributed by atoms with Crippen LogP contribution in [0.2, 0.25) is 5.02 Å².